The summed E-state index contributed by atoms with van der Waals surface area (Å²) in [4.78, 5) is 0. The molecule has 0 amide bonds. The molecule has 0 atom stereocenters. The van der Waals surface area contributed by atoms with Crippen LogP contribution in [-0.2, 0) is 0 Å². The van der Waals surface area contributed by atoms with Crippen molar-refractivity contribution < 1.29 is 22.1 Å². The Hall–Kier alpha value is -0.255. The second-order valence-electron chi connectivity index (χ2n) is 5.90. The van der Waals surface area contributed by atoms with Gasteiger partial charge in [-0.25, -0.2) is 0 Å². The highest BCUT2D eigenvalue weighted by Crippen LogP contribution is 2.16. The van der Waals surface area contributed by atoms with Crippen LogP contribution in [0.5, 0.6) is 0 Å². The molecule has 0 unspecified atom stereocenters. The SMILES string of the molecule is CCCC[N+](CCCC)(CCCC)CCCC.FB(F)F.[F-]. The fourth-order valence-corrected chi connectivity index (χ4v) is 2.64. The number of rotatable bonds is 12. The lowest BCUT2D eigenvalue weighted by molar-refractivity contribution is -0.929. The zero-order chi connectivity index (χ0) is 16.6. The summed E-state index contributed by atoms with van der Waals surface area (Å²) in [6, 6.07) is 0. The van der Waals surface area contributed by atoms with Gasteiger partial charge in [0.2, 0.25) is 0 Å². The number of hydrogen-bond acceptors (Lipinski definition) is 0. The summed E-state index contributed by atoms with van der Waals surface area (Å²) in [6.45, 7) is 15.0. The predicted octanol–water partition coefficient (Wildman–Crippen LogP) is 2.89. The van der Waals surface area contributed by atoms with E-state index in [4.69, 9.17) is 0 Å². The van der Waals surface area contributed by atoms with Crippen molar-refractivity contribution in [3.05, 3.63) is 0 Å². The molecular weight excluding hydrogens is 293 g/mol. The van der Waals surface area contributed by atoms with Gasteiger partial charge in [-0.3, -0.25) is 12.9 Å². The topological polar surface area (TPSA) is 0 Å². The van der Waals surface area contributed by atoms with E-state index in [1.54, 1.807) is 0 Å². The average molecular weight is 329 g/mol. The van der Waals surface area contributed by atoms with Crippen molar-refractivity contribution in [2.24, 2.45) is 0 Å². The van der Waals surface area contributed by atoms with Gasteiger partial charge in [0.15, 0.2) is 0 Å². The Kier molecular flexibility index (Phi) is 22.8. The highest BCUT2D eigenvalue weighted by Gasteiger charge is 2.24. The fourth-order valence-electron chi connectivity index (χ4n) is 2.64. The lowest BCUT2D eigenvalue weighted by Crippen LogP contribution is -3.00. The maximum absolute atomic E-state index is 9.67. The van der Waals surface area contributed by atoms with Crippen LogP contribution in [0.3, 0.4) is 0 Å². The first-order chi connectivity index (χ1) is 9.97. The van der Waals surface area contributed by atoms with Crippen molar-refractivity contribution in [2.75, 3.05) is 26.2 Å². The lowest BCUT2D eigenvalue weighted by atomic mass is 10.1. The first-order valence-electron chi connectivity index (χ1n) is 8.75. The maximum atomic E-state index is 9.67. The molecule has 0 aliphatic carbocycles. The Balaban J connectivity index is -0.000000640. The summed E-state index contributed by atoms with van der Waals surface area (Å²) in [6.07, 6.45) is 11.1. The van der Waals surface area contributed by atoms with Gasteiger partial charge in [-0.15, -0.1) is 0 Å². The first-order valence-corrected chi connectivity index (χ1v) is 8.75. The molecule has 0 saturated heterocycles. The second-order valence-corrected chi connectivity index (χ2v) is 5.90. The van der Waals surface area contributed by atoms with Crippen LogP contribution in [0.2, 0.25) is 0 Å². The molecule has 136 valence electrons. The highest BCUT2D eigenvalue weighted by atomic mass is 19.4. The smallest absolute Gasteiger partial charge is 0.762 e. The Morgan fingerprint density at radius 2 is 0.773 bits per heavy atom. The fraction of sp³-hybridized carbons (Fsp3) is 1.00. The highest BCUT2D eigenvalue weighted by molar-refractivity contribution is 6.33. The Morgan fingerprint density at radius 3 is 0.909 bits per heavy atom. The molecule has 0 radical (unpaired) electrons. The zero-order valence-electron chi connectivity index (χ0n) is 15.0. The van der Waals surface area contributed by atoms with Crippen molar-refractivity contribution in [1.82, 2.24) is 0 Å². The Morgan fingerprint density at radius 1 is 0.591 bits per heavy atom. The van der Waals surface area contributed by atoms with E-state index in [9.17, 15) is 12.9 Å². The van der Waals surface area contributed by atoms with Gasteiger partial charge in [0.05, 0.1) is 26.2 Å². The third kappa shape index (κ3) is 17.8. The predicted molar refractivity (Wildman–Crippen MR) is 88.4 cm³/mol. The van der Waals surface area contributed by atoms with Crippen molar-refractivity contribution in [3.63, 3.8) is 0 Å². The largest absolute Gasteiger partial charge is 1.00 e. The van der Waals surface area contributed by atoms with Crippen LogP contribution in [-0.4, -0.2) is 38.2 Å². The minimum Gasteiger partial charge on any atom is -1.00 e. The molecule has 0 aromatic carbocycles. The monoisotopic (exact) mass is 329 g/mol. The van der Waals surface area contributed by atoms with Crippen LogP contribution in [0.4, 0.5) is 12.9 Å². The van der Waals surface area contributed by atoms with E-state index >= 15 is 0 Å². The minimum atomic E-state index is -3.67. The molecule has 0 aliphatic rings. The Labute approximate surface area is 135 Å². The number of nitrogens with zero attached hydrogens (tertiary/aromatic N) is 1. The standard InChI is InChI=1S/C16H36N.BF3.FH/c1-5-9-13-17(14-10-6-2,15-11-7-3)16-12-8-4;2-1(3)4;/h5-16H2,1-4H3;;1H/q+1;;/p-1. The molecule has 0 aromatic heterocycles. The van der Waals surface area contributed by atoms with E-state index in [0.717, 1.165) is 0 Å². The summed E-state index contributed by atoms with van der Waals surface area (Å²) >= 11 is 0. The van der Waals surface area contributed by atoms with Crippen LogP contribution < -0.4 is 4.70 Å². The molecular formula is C16H36BF4N. The van der Waals surface area contributed by atoms with Gasteiger partial charge in [-0.1, -0.05) is 53.4 Å². The van der Waals surface area contributed by atoms with Crippen LogP contribution in [0, 0.1) is 0 Å². The van der Waals surface area contributed by atoms with Gasteiger partial charge in [-0.05, 0) is 25.7 Å². The normalized spacial score (nSPS) is 10.5. The molecule has 0 rings (SSSR count). The number of hydrogen-bond donors (Lipinski definition) is 0. The molecule has 6 heteroatoms. The van der Waals surface area contributed by atoms with E-state index in [-0.39, 0.29) is 4.70 Å². The van der Waals surface area contributed by atoms with Gasteiger partial charge >= 0.3 is 7.54 Å². The van der Waals surface area contributed by atoms with Crippen LogP contribution in [0.15, 0.2) is 0 Å². The minimum absolute atomic E-state index is 0. The van der Waals surface area contributed by atoms with Gasteiger partial charge in [0, 0.05) is 0 Å². The molecule has 22 heavy (non-hydrogen) atoms. The van der Waals surface area contributed by atoms with Crippen molar-refractivity contribution in [2.45, 2.75) is 79.1 Å². The van der Waals surface area contributed by atoms with E-state index in [1.807, 2.05) is 0 Å². The molecule has 1 nitrogen and oxygen atoms in total. The molecule has 0 aromatic rings. The third-order valence-electron chi connectivity index (χ3n) is 3.94. The number of halogens is 4. The van der Waals surface area contributed by atoms with Crippen LogP contribution in [0.1, 0.15) is 79.1 Å². The molecule has 0 saturated carbocycles. The van der Waals surface area contributed by atoms with Crippen molar-refractivity contribution >= 4 is 7.54 Å². The van der Waals surface area contributed by atoms with Gasteiger partial charge in [0.1, 0.15) is 0 Å². The van der Waals surface area contributed by atoms with E-state index < -0.39 is 7.54 Å². The van der Waals surface area contributed by atoms with E-state index in [0.29, 0.717) is 0 Å². The van der Waals surface area contributed by atoms with Crippen molar-refractivity contribution in [1.29, 1.82) is 0 Å². The first kappa shape index (κ1) is 26.6. The van der Waals surface area contributed by atoms with Crippen LogP contribution >= 0.6 is 0 Å². The van der Waals surface area contributed by atoms with Gasteiger partial charge in [-0.2, -0.15) is 0 Å². The third-order valence-corrected chi connectivity index (χ3v) is 3.94. The molecule has 0 fully saturated rings. The zero-order valence-corrected chi connectivity index (χ0v) is 15.0. The second kappa shape index (κ2) is 18.8. The van der Waals surface area contributed by atoms with E-state index in [2.05, 4.69) is 27.7 Å². The Bertz CT molecular complexity index is 166. The van der Waals surface area contributed by atoms with E-state index in [1.165, 1.54) is 82.0 Å². The molecule has 0 spiro atoms. The summed E-state index contributed by atoms with van der Waals surface area (Å²) in [5, 5.41) is 0. The quantitative estimate of drug-likeness (QED) is 0.293. The molecule has 0 bridgehead atoms. The average Bonchev–Trinajstić information content (AvgIpc) is 2.45. The number of unbranched alkanes of at least 4 members (excludes halogenated alkanes) is 4. The summed E-state index contributed by atoms with van der Waals surface area (Å²) in [5.74, 6) is 0. The number of quaternary nitrogens is 1. The molecule has 0 N–H and O–H groups in total. The molecule has 0 heterocycles. The maximum Gasteiger partial charge on any atom is 0.762 e. The summed E-state index contributed by atoms with van der Waals surface area (Å²) < 4.78 is 30.4. The van der Waals surface area contributed by atoms with Gasteiger partial charge < -0.3 is 9.19 Å². The van der Waals surface area contributed by atoms with Gasteiger partial charge in [0.25, 0.3) is 0 Å². The van der Waals surface area contributed by atoms with Crippen molar-refractivity contribution in [3.8, 4) is 0 Å². The lowest BCUT2D eigenvalue weighted by Gasteiger charge is -2.39. The molecule has 0 aliphatic heterocycles. The summed E-state index contributed by atoms with van der Waals surface area (Å²) in [7, 11) is -3.67. The van der Waals surface area contributed by atoms with Crippen LogP contribution in [0.25, 0.3) is 0 Å². The summed E-state index contributed by atoms with van der Waals surface area (Å²) in [5.41, 5.74) is 0.